The Morgan fingerprint density at radius 1 is 1.28 bits per heavy atom. The van der Waals surface area contributed by atoms with Crippen molar-refractivity contribution in [2.24, 2.45) is 0 Å². The van der Waals surface area contributed by atoms with Gasteiger partial charge < -0.3 is 14.8 Å². The van der Waals surface area contributed by atoms with Crippen molar-refractivity contribution < 1.29 is 23.9 Å². The number of para-hydroxylation sites is 2. The highest BCUT2D eigenvalue weighted by Gasteiger charge is 2.25. The quantitative estimate of drug-likeness (QED) is 0.754. The first-order chi connectivity index (χ1) is 14.0. The molecular weight excluding hydrogens is 398 g/mol. The van der Waals surface area contributed by atoms with E-state index in [-0.39, 0.29) is 36.7 Å². The van der Waals surface area contributed by atoms with Crippen molar-refractivity contribution >= 4 is 40.8 Å². The van der Waals surface area contributed by atoms with Crippen molar-refractivity contribution in [2.75, 3.05) is 30.0 Å². The zero-order chi connectivity index (χ0) is 20.8. The van der Waals surface area contributed by atoms with Gasteiger partial charge in [0, 0.05) is 5.02 Å². The average Bonchev–Trinajstić information content (AvgIpc) is 2.86. The molecule has 2 aromatic carbocycles. The molecule has 0 atom stereocenters. The van der Waals surface area contributed by atoms with Crippen LogP contribution >= 0.6 is 11.6 Å². The molecule has 0 aliphatic carbocycles. The number of fused-ring (bicyclic) bond motifs is 1. The number of hydrogen-bond acceptors (Lipinski definition) is 6. The molecule has 0 spiro atoms. The Morgan fingerprint density at radius 2 is 2.07 bits per heavy atom. The molecular formula is C20H16ClN3O5. The van der Waals surface area contributed by atoms with Crippen LogP contribution in [0.1, 0.15) is 12.0 Å². The van der Waals surface area contributed by atoms with Gasteiger partial charge in [0.25, 0.3) is 5.91 Å². The summed E-state index contributed by atoms with van der Waals surface area (Å²) < 4.78 is 10.5. The van der Waals surface area contributed by atoms with E-state index in [1.165, 1.54) is 23.1 Å². The summed E-state index contributed by atoms with van der Waals surface area (Å²) in [5.74, 6) is -1.18. The molecule has 8 nitrogen and oxygen atoms in total. The van der Waals surface area contributed by atoms with Crippen LogP contribution in [0.3, 0.4) is 0 Å². The zero-order valence-electron chi connectivity index (χ0n) is 15.2. The largest absolute Gasteiger partial charge is 0.491 e. The number of anilines is 2. The van der Waals surface area contributed by atoms with Gasteiger partial charge in [-0.25, -0.2) is 0 Å². The van der Waals surface area contributed by atoms with Gasteiger partial charge in [-0.15, -0.1) is 0 Å². The van der Waals surface area contributed by atoms with Crippen LogP contribution in [0.15, 0.2) is 42.5 Å². The number of nitriles is 1. The summed E-state index contributed by atoms with van der Waals surface area (Å²) in [5, 5.41) is 11.9. The van der Waals surface area contributed by atoms with E-state index in [1.807, 2.05) is 6.07 Å². The third-order valence-corrected chi connectivity index (χ3v) is 4.29. The molecule has 29 heavy (non-hydrogen) atoms. The van der Waals surface area contributed by atoms with Crippen molar-refractivity contribution in [1.82, 2.24) is 0 Å². The Labute approximate surface area is 171 Å². The molecule has 1 aliphatic rings. The molecule has 0 radical (unpaired) electrons. The minimum Gasteiger partial charge on any atom is -0.491 e. The van der Waals surface area contributed by atoms with E-state index in [0.29, 0.717) is 16.5 Å². The Kier molecular flexibility index (Phi) is 6.32. The second kappa shape index (κ2) is 9.08. The molecule has 0 unspecified atom stereocenters. The zero-order valence-corrected chi connectivity index (χ0v) is 15.9. The van der Waals surface area contributed by atoms with E-state index in [0.717, 1.165) is 0 Å². The SMILES string of the molecule is N#Cc1ccc(Cl)cc1NC(=O)COC(=O)CN1C(=O)CCOc2ccccc21. The molecule has 0 saturated heterocycles. The lowest BCUT2D eigenvalue weighted by molar-refractivity contribution is -0.146. The van der Waals surface area contributed by atoms with Crippen LogP contribution in [0.25, 0.3) is 0 Å². The molecule has 9 heteroatoms. The summed E-state index contributed by atoms with van der Waals surface area (Å²) >= 11 is 5.87. The van der Waals surface area contributed by atoms with Crippen LogP contribution in [-0.4, -0.2) is 37.5 Å². The molecule has 1 aliphatic heterocycles. The van der Waals surface area contributed by atoms with Gasteiger partial charge in [0.05, 0.1) is 30.0 Å². The van der Waals surface area contributed by atoms with E-state index in [4.69, 9.17) is 26.3 Å². The molecule has 0 bridgehead atoms. The first-order valence-electron chi connectivity index (χ1n) is 8.65. The molecule has 0 saturated carbocycles. The Morgan fingerprint density at radius 3 is 2.86 bits per heavy atom. The Balaban J connectivity index is 1.60. The summed E-state index contributed by atoms with van der Waals surface area (Å²) in [6.07, 6.45) is 0.119. The van der Waals surface area contributed by atoms with E-state index in [1.54, 1.807) is 24.3 Å². The lowest BCUT2D eigenvalue weighted by Crippen LogP contribution is -2.37. The number of esters is 1. The van der Waals surface area contributed by atoms with E-state index >= 15 is 0 Å². The summed E-state index contributed by atoms with van der Waals surface area (Å²) in [6, 6.07) is 13.2. The second-order valence-electron chi connectivity index (χ2n) is 6.06. The fraction of sp³-hybridized carbons (Fsp3) is 0.200. The number of benzene rings is 2. The van der Waals surface area contributed by atoms with Crippen molar-refractivity contribution in [3.63, 3.8) is 0 Å². The van der Waals surface area contributed by atoms with Gasteiger partial charge in [-0.1, -0.05) is 23.7 Å². The minimum atomic E-state index is -0.753. The van der Waals surface area contributed by atoms with Crippen molar-refractivity contribution in [3.8, 4) is 11.8 Å². The minimum absolute atomic E-state index is 0.119. The van der Waals surface area contributed by atoms with Crippen LogP contribution in [0.2, 0.25) is 5.02 Å². The molecule has 3 rings (SSSR count). The lowest BCUT2D eigenvalue weighted by atomic mass is 10.2. The van der Waals surface area contributed by atoms with Crippen molar-refractivity contribution in [3.05, 3.63) is 53.1 Å². The number of hydrogen-bond donors (Lipinski definition) is 1. The summed E-state index contributed by atoms with van der Waals surface area (Å²) in [4.78, 5) is 37.8. The summed E-state index contributed by atoms with van der Waals surface area (Å²) in [6.45, 7) is -0.714. The number of carbonyl (C=O) groups is 3. The Hall–Kier alpha value is -3.57. The van der Waals surface area contributed by atoms with Crippen molar-refractivity contribution in [2.45, 2.75) is 6.42 Å². The van der Waals surface area contributed by atoms with Crippen molar-refractivity contribution in [1.29, 1.82) is 5.26 Å². The molecule has 0 fully saturated rings. The topological polar surface area (TPSA) is 109 Å². The smallest absolute Gasteiger partial charge is 0.326 e. The first kappa shape index (κ1) is 20.2. The van der Waals surface area contributed by atoms with Gasteiger partial charge in [0.2, 0.25) is 5.91 Å². The fourth-order valence-electron chi connectivity index (χ4n) is 2.72. The van der Waals surface area contributed by atoms with E-state index in [2.05, 4.69) is 5.32 Å². The summed E-state index contributed by atoms with van der Waals surface area (Å²) in [7, 11) is 0. The standard InChI is InChI=1S/C20H16ClN3O5/c21-14-6-5-13(10-22)15(9-14)23-18(25)12-29-20(27)11-24-16-3-1-2-4-17(16)28-8-7-19(24)26/h1-6,9H,7-8,11-12H2,(H,23,25). The summed E-state index contributed by atoms with van der Waals surface area (Å²) in [5.41, 5.74) is 0.907. The van der Waals surface area contributed by atoms with Crippen LogP contribution < -0.4 is 15.0 Å². The third-order valence-electron chi connectivity index (χ3n) is 4.06. The highest BCUT2D eigenvalue weighted by molar-refractivity contribution is 6.31. The Bertz CT molecular complexity index is 1000. The van der Waals surface area contributed by atoms with Gasteiger partial charge in [-0.3, -0.25) is 19.3 Å². The third kappa shape index (κ3) is 5.03. The predicted molar refractivity (Wildman–Crippen MR) is 105 cm³/mol. The highest BCUT2D eigenvalue weighted by Crippen LogP contribution is 2.30. The number of nitrogens with one attached hydrogen (secondary N) is 1. The van der Waals surface area contributed by atoms with Gasteiger partial charge in [-0.05, 0) is 30.3 Å². The van der Waals surface area contributed by atoms with E-state index in [9.17, 15) is 14.4 Å². The van der Waals surface area contributed by atoms with Gasteiger partial charge in [0.15, 0.2) is 6.61 Å². The van der Waals surface area contributed by atoms with Crippen LogP contribution in [-0.2, 0) is 19.1 Å². The lowest BCUT2D eigenvalue weighted by Gasteiger charge is -2.20. The molecule has 2 aromatic rings. The van der Waals surface area contributed by atoms with Gasteiger partial charge in [0.1, 0.15) is 18.4 Å². The normalized spacial score (nSPS) is 12.8. The number of amides is 2. The molecule has 2 amide bonds. The predicted octanol–water partition coefficient (Wildman–Crippen LogP) is 2.51. The van der Waals surface area contributed by atoms with Gasteiger partial charge >= 0.3 is 5.97 Å². The highest BCUT2D eigenvalue weighted by atomic mass is 35.5. The maximum atomic E-state index is 12.3. The number of ether oxygens (including phenoxy) is 2. The molecule has 148 valence electrons. The number of nitrogens with zero attached hydrogens (tertiary/aromatic N) is 2. The van der Waals surface area contributed by atoms with E-state index < -0.39 is 18.5 Å². The van der Waals surface area contributed by atoms with Crippen LogP contribution in [0.4, 0.5) is 11.4 Å². The fourth-order valence-corrected chi connectivity index (χ4v) is 2.89. The average molecular weight is 414 g/mol. The number of carbonyl (C=O) groups excluding carboxylic acids is 3. The van der Waals surface area contributed by atoms with Gasteiger partial charge in [-0.2, -0.15) is 5.26 Å². The first-order valence-corrected chi connectivity index (χ1v) is 9.03. The molecule has 1 heterocycles. The number of rotatable bonds is 5. The molecule has 0 aromatic heterocycles. The maximum Gasteiger partial charge on any atom is 0.326 e. The molecule has 1 N–H and O–H groups in total. The maximum absolute atomic E-state index is 12.3. The monoisotopic (exact) mass is 413 g/mol. The van der Waals surface area contributed by atoms with Crippen LogP contribution in [0, 0.1) is 11.3 Å². The number of halogens is 1. The van der Waals surface area contributed by atoms with Crippen LogP contribution in [0.5, 0.6) is 5.75 Å². The second-order valence-corrected chi connectivity index (χ2v) is 6.49.